The number of carbonyl (C=O) groups is 1. The van der Waals surface area contributed by atoms with Crippen LogP contribution in [-0.4, -0.2) is 16.6 Å². The van der Waals surface area contributed by atoms with Gasteiger partial charge in [0.05, 0.1) is 5.52 Å². The van der Waals surface area contributed by atoms with Crippen molar-refractivity contribution in [3.05, 3.63) is 34.9 Å². The summed E-state index contributed by atoms with van der Waals surface area (Å²) in [5.74, 6) is -0.335. The largest absolute Gasteiger partial charge is 0.456 e. The van der Waals surface area contributed by atoms with Crippen molar-refractivity contribution in [3.63, 3.8) is 0 Å². The van der Waals surface area contributed by atoms with Crippen molar-refractivity contribution in [2.75, 3.05) is 5.73 Å². The van der Waals surface area contributed by atoms with Gasteiger partial charge in [0.15, 0.2) is 0 Å². The van der Waals surface area contributed by atoms with E-state index in [2.05, 4.69) is 4.98 Å². The van der Waals surface area contributed by atoms with E-state index in [1.165, 1.54) is 0 Å². The Morgan fingerprint density at radius 2 is 2.00 bits per heavy atom. The topological polar surface area (TPSA) is 65.2 Å². The van der Waals surface area contributed by atoms with Crippen LogP contribution in [0.3, 0.4) is 0 Å². The summed E-state index contributed by atoms with van der Waals surface area (Å²) in [6.45, 7) is 5.40. The number of rotatable bonds is 1. The minimum absolute atomic E-state index is 0.143. The van der Waals surface area contributed by atoms with Gasteiger partial charge in [-0.05, 0) is 39.0 Å². The number of nitrogens with two attached hydrogens (primary N) is 1. The smallest absolute Gasteiger partial charge is 0.342 e. The van der Waals surface area contributed by atoms with Crippen LogP contribution in [0.2, 0.25) is 5.02 Å². The lowest BCUT2D eigenvalue weighted by Gasteiger charge is -2.20. The molecule has 0 aliphatic rings. The van der Waals surface area contributed by atoms with E-state index in [4.69, 9.17) is 22.1 Å². The van der Waals surface area contributed by atoms with E-state index in [9.17, 15) is 4.79 Å². The number of pyridine rings is 1. The highest BCUT2D eigenvalue weighted by atomic mass is 35.5. The fourth-order valence-corrected chi connectivity index (χ4v) is 1.82. The Labute approximate surface area is 116 Å². The van der Waals surface area contributed by atoms with E-state index in [0.717, 1.165) is 5.39 Å². The molecule has 1 heterocycles. The number of benzene rings is 1. The highest BCUT2D eigenvalue weighted by Gasteiger charge is 2.20. The van der Waals surface area contributed by atoms with Gasteiger partial charge in [0.2, 0.25) is 0 Å². The van der Waals surface area contributed by atoms with E-state index in [-0.39, 0.29) is 11.4 Å². The van der Waals surface area contributed by atoms with Gasteiger partial charge < -0.3 is 10.5 Å². The number of hydrogen-bond donors (Lipinski definition) is 1. The molecule has 1 aromatic heterocycles. The van der Waals surface area contributed by atoms with Crippen LogP contribution in [0, 0.1) is 0 Å². The Morgan fingerprint density at radius 3 is 2.63 bits per heavy atom. The van der Waals surface area contributed by atoms with Crippen LogP contribution in [0.5, 0.6) is 0 Å². The van der Waals surface area contributed by atoms with E-state index in [1.807, 2.05) is 0 Å². The molecule has 0 aliphatic carbocycles. The predicted octanol–water partition coefficient (Wildman–Crippen LogP) is 3.43. The fourth-order valence-electron chi connectivity index (χ4n) is 1.65. The first-order chi connectivity index (χ1) is 8.76. The summed E-state index contributed by atoms with van der Waals surface area (Å²) < 4.78 is 5.29. The molecule has 0 atom stereocenters. The van der Waals surface area contributed by atoms with Gasteiger partial charge in [0.25, 0.3) is 0 Å². The van der Waals surface area contributed by atoms with Crippen molar-refractivity contribution >= 4 is 34.3 Å². The summed E-state index contributed by atoms with van der Waals surface area (Å²) in [6, 6.07) is 6.90. The molecule has 0 amide bonds. The number of ether oxygens (including phenoxy) is 1. The molecule has 1 aromatic carbocycles. The predicted molar refractivity (Wildman–Crippen MR) is 76.3 cm³/mol. The van der Waals surface area contributed by atoms with Crippen LogP contribution < -0.4 is 5.73 Å². The maximum absolute atomic E-state index is 12.0. The minimum atomic E-state index is -0.571. The molecule has 2 N–H and O–H groups in total. The molecule has 4 nitrogen and oxygen atoms in total. The second-order valence-corrected chi connectivity index (χ2v) is 5.70. The lowest BCUT2D eigenvalue weighted by Crippen LogP contribution is -2.24. The average Bonchev–Trinajstić information content (AvgIpc) is 2.25. The summed E-state index contributed by atoms with van der Waals surface area (Å²) in [7, 11) is 0. The second-order valence-electron chi connectivity index (χ2n) is 5.26. The molecule has 19 heavy (non-hydrogen) atoms. The number of carbonyl (C=O) groups excluding carboxylic acids is 1. The molecule has 0 bridgehead atoms. The normalized spacial score (nSPS) is 11.6. The molecule has 2 aromatic rings. The fraction of sp³-hybridized carbons (Fsp3) is 0.286. The quantitative estimate of drug-likeness (QED) is 0.812. The molecule has 0 aliphatic heterocycles. The third kappa shape index (κ3) is 3.15. The number of aromatic nitrogens is 1. The zero-order chi connectivity index (χ0) is 14.2. The molecule has 2 rings (SSSR count). The zero-order valence-corrected chi connectivity index (χ0v) is 11.8. The lowest BCUT2D eigenvalue weighted by atomic mass is 10.1. The van der Waals surface area contributed by atoms with Crippen molar-refractivity contribution < 1.29 is 9.53 Å². The maximum Gasteiger partial charge on any atom is 0.342 e. The average molecular weight is 279 g/mol. The summed E-state index contributed by atoms with van der Waals surface area (Å²) in [6.07, 6.45) is 0. The molecular weight excluding hydrogens is 264 g/mol. The zero-order valence-electron chi connectivity index (χ0n) is 11.0. The molecule has 0 unspecified atom stereocenters. The Morgan fingerprint density at radius 1 is 1.32 bits per heavy atom. The van der Waals surface area contributed by atoms with Crippen LogP contribution in [0.25, 0.3) is 10.9 Å². The molecule has 0 radical (unpaired) electrons. The van der Waals surface area contributed by atoms with Crippen LogP contribution >= 0.6 is 11.6 Å². The summed E-state index contributed by atoms with van der Waals surface area (Å²) in [4.78, 5) is 16.2. The third-order valence-corrected chi connectivity index (χ3v) is 2.66. The molecule has 100 valence electrons. The van der Waals surface area contributed by atoms with Crippen LogP contribution in [0.15, 0.2) is 24.3 Å². The first-order valence-corrected chi connectivity index (χ1v) is 6.23. The number of nitrogen functional groups attached to an aromatic ring is 1. The van der Waals surface area contributed by atoms with Gasteiger partial charge in [-0.25, -0.2) is 9.78 Å². The van der Waals surface area contributed by atoms with Gasteiger partial charge in [-0.15, -0.1) is 0 Å². The second kappa shape index (κ2) is 4.70. The van der Waals surface area contributed by atoms with E-state index in [1.54, 1.807) is 45.0 Å². The minimum Gasteiger partial charge on any atom is -0.456 e. The van der Waals surface area contributed by atoms with Crippen molar-refractivity contribution in [3.8, 4) is 0 Å². The van der Waals surface area contributed by atoms with Crippen LogP contribution in [0.4, 0.5) is 5.82 Å². The van der Waals surface area contributed by atoms with Gasteiger partial charge in [0.1, 0.15) is 17.0 Å². The molecule has 0 saturated carbocycles. The number of hydrogen-bond acceptors (Lipinski definition) is 4. The third-order valence-electron chi connectivity index (χ3n) is 2.43. The van der Waals surface area contributed by atoms with Gasteiger partial charge in [0, 0.05) is 10.4 Å². The number of fused-ring (bicyclic) bond motifs is 1. The Balaban J connectivity index is 2.47. The number of anilines is 1. The van der Waals surface area contributed by atoms with E-state index in [0.29, 0.717) is 10.5 Å². The summed E-state index contributed by atoms with van der Waals surface area (Å²) in [5, 5.41) is 1.36. The molecule has 0 saturated heterocycles. The summed E-state index contributed by atoms with van der Waals surface area (Å²) in [5.41, 5.74) is 6.15. The molecular formula is C14H15ClN2O2. The Kier molecular flexibility index (Phi) is 3.37. The molecule has 5 heteroatoms. The van der Waals surface area contributed by atoms with Gasteiger partial charge in [-0.3, -0.25) is 0 Å². The SMILES string of the molecule is CC(C)(C)OC(=O)c1cc2ccc(Cl)cc2nc1N. The first-order valence-electron chi connectivity index (χ1n) is 5.85. The monoisotopic (exact) mass is 278 g/mol. The van der Waals surface area contributed by atoms with E-state index < -0.39 is 11.6 Å². The molecule has 0 spiro atoms. The van der Waals surface area contributed by atoms with Crippen molar-refractivity contribution in [2.24, 2.45) is 0 Å². The highest BCUT2D eigenvalue weighted by molar-refractivity contribution is 6.31. The van der Waals surface area contributed by atoms with Gasteiger partial charge >= 0.3 is 5.97 Å². The van der Waals surface area contributed by atoms with Crippen LogP contribution in [-0.2, 0) is 4.74 Å². The van der Waals surface area contributed by atoms with Crippen molar-refractivity contribution in [1.29, 1.82) is 0 Å². The van der Waals surface area contributed by atoms with Crippen molar-refractivity contribution in [1.82, 2.24) is 4.98 Å². The van der Waals surface area contributed by atoms with Crippen molar-refractivity contribution in [2.45, 2.75) is 26.4 Å². The van der Waals surface area contributed by atoms with Crippen LogP contribution in [0.1, 0.15) is 31.1 Å². The lowest BCUT2D eigenvalue weighted by molar-refractivity contribution is 0.00707. The van der Waals surface area contributed by atoms with Gasteiger partial charge in [-0.2, -0.15) is 0 Å². The molecule has 0 fully saturated rings. The Hall–Kier alpha value is -1.81. The number of halogens is 1. The van der Waals surface area contributed by atoms with E-state index >= 15 is 0 Å². The maximum atomic E-state index is 12.0. The number of esters is 1. The van der Waals surface area contributed by atoms with Gasteiger partial charge in [-0.1, -0.05) is 17.7 Å². The first kappa shape index (κ1) is 13.6. The number of nitrogens with zero attached hydrogens (tertiary/aromatic N) is 1. The summed E-state index contributed by atoms with van der Waals surface area (Å²) >= 11 is 5.89. The highest BCUT2D eigenvalue weighted by Crippen LogP contribution is 2.23. The Bertz CT molecular complexity index is 648. The standard InChI is InChI=1S/C14H15ClN2O2/c1-14(2,3)19-13(18)10-6-8-4-5-9(15)7-11(8)17-12(10)16/h4-7H,1-3H3,(H2,16,17).